The molecule has 1 aliphatic heterocycles. The van der Waals surface area contributed by atoms with Gasteiger partial charge in [0.15, 0.2) is 11.5 Å². The Morgan fingerprint density at radius 1 is 1.29 bits per heavy atom. The molecule has 2 amide bonds. The molecule has 1 saturated carbocycles. The van der Waals surface area contributed by atoms with Crippen LogP contribution in [0.25, 0.3) is 0 Å². The molecular weight excluding hydrogens is 268 g/mol. The zero-order chi connectivity index (χ0) is 14.7. The lowest BCUT2D eigenvalue weighted by atomic mass is 9.85. The van der Waals surface area contributed by atoms with E-state index in [0.717, 1.165) is 23.6 Å². The molecule has 5 nitrogen and oxygen atoms in total. The fraction of sp³-hybridized carbons (Fsp3) is 0.562. The minimum Gasteiger partial charge on any atom is -0.486 e. The van der Waals surface area contributed by atoms with Gasteiger partial charge in [-0.15, -0.1) is 0 Å². The van der Waals surface area contributed by atoms with Crippen molar-refractivity contribution in [2.45, 2.75) is 32.2 Å². The summed E-state index contributed by atoms with van der Waals surface area (Å²) in [7, 11) is 0. The number of urea groups is 1. The van der Waals surface area contributed by atoms with Crippen molar-refractivity contribution >= 4 is 6.03 Å². The monoisotopic (exact) mass is 290 g/mol. The van der Waals surface area contributed by atoms with Crippen molar-refractivity contribution in [1.82, 2.24) is 10.6 Å². The average molecular weight is 290 g/mol. The van der Waals surface area contributed by atoms with Gasteiger partial charge in [-0.3, -0.25) is 0 Å². The summed E-state index contributed by atoms with van der Waals surface area (Å²) in [4.78, 5) is 11.9. The molecule has 1 unspecified atom stereocenters. The Morgan fingerprint density at radius 3 is 2.76 bits per heavy atom. The number of carbonyl (C=O) groups is 1. The lowest BCUT2D eigenvalue weighted by Gasteiger charge is -2.26. The number of fused-ring (bicyclic) bond motifs is 1. The van der Waals surface area contributed by atoms with Gasteiger partial charge in [0.25, 0.3) is 0 Å². The summed E-state index contributed by atoms with van der Waals surface area (Å²) in [6.45, 7) is 3.90. The topological polar surface area (TPSA) is 59.6 Å². The molecule has 0 aromatic heterocycles. The molecule has 0 bridgehead atoms. The summed E-state index contributed by atoms with van der Waals surface area (Å²) < 4.78 is 11.1. The quantitative estimate of drug-likeness (QED) is 0.896. The van der Waals surface area contributed by atoms with Gasteiger partial charge in [0.05, 0.1) is 6.04 Å². The number of ether oxygens (including phenoxy) is 2. The molecule has 1 atom stereocenters. The van der Waals surface area contributed by atoms with E-state index < -0.39 is 0 Å². The normalized spacial score (nSPS) is 18.5. The van der Waals surface area contributed by atoms with Crippen LogP contribution in [0, 0.1) is 5.92 Å². The number of nitrogens with one attached hydrogen (secondary N) is 2. The second-order valence-corrected chi connectivity index (χ2v) is 5.78. The first-order valence-corrected chi connectivity index (χ1v) is 7.66. The summed E-state index contributed by atoms with van der Waals surface area (Å²) >= 11 is 0. The van der Waals surface area contributed by atoms with E-state index in [2.05, 4.69) is 10.6 Å². The second kappa shape index (κ2) is 6.24. The van der Waals surface area contributed by atoms with Crippen LogP contribution in [0.15, 0.2) is 18.2 Å². The molecule has 2 aliphatic rings. The molecule has 1 aromatic rings. The maximum absolute atomic E-state index is 11.9. The first-order valence-electron chi connectivity index (χ1n) is 7.66. The van der Waals surface area contributed by atoms with E-state index >= 15 is 0 Å². The predicted molar refractivity (Wildman–Crippen MR) is 79.7 cm³/mol. The van der Waals surface area contributed by atoms with Gasteiger partial charge in [0.2, 0.25) is 0 Å². The molecule has 21 heavy (non-hydrogen) atoms. The van der Waals surface area contributed by atoms with Gasteiger partial charge < -0.3 is 20.1 Å². The molecule has 1 aliphatic carbocycles. The van der Waals surface area contributed by atoms with Crippen LogP contribution in [0.5, 0.6) is 11.5 Å². The Kier molecular flexibility index (Phi) is 4.18. The predicted octanol–water partition coefficient (Wildman–Crippen LogP) is 2.62. The first kappa shape index (κ1) is 14.0. The number of carbonyl (C=O) groups excluding carboxylic acids is 1. The molecule has 1 aromatic carbocycles. The van der Waals surface area contributed by atoms with Crippen LogP contribution in [0.2, 0.25) is 0 Å². The van der Waals surface area contributed by atoms with E-state index in [1.54, 1.807) is 0 Å². The minimum atomic E-state index is -0.107. The Morgan fingerprint density at radius 2 is 2.05 bits per heavy atom. The third-order valence-electron chi connectivity index (χ3n) is 4.19. The van der Waals surface area contributed by atoms with Crippen LogP contribution in [-0.2, 0) is 0 Å². The molecule has 0 radical (unpaired) electrons. The smallest absolute Gasteiger partial charge is 0.315 e. The van der Waals surface area contributed by atoms with Gasteiger partial charge >= 0.3 is 6.03 Å². The summed E-state index contributed by atoms with van der Waals surface area (Å²) in [5, 5.41) is 5.90. The van der Waals surface area contributed by atoms with Crippen LogP contribution < -0.4 is 20.1 Å². The molecular formula is C16H22N2O3. The van der Waals surface area contributed by atoms with Crippen molar-refractivity contribution in [3.8, 4) is 11.5 Å². The molecule has 114 valence electrons. The van der Waals surface area contributed by atoms with Crippen LogP contribution in [0.1, 0.15) is 37.8 Å². The maximum atomic E-state index is 11.9. The lowest BCUT2D eigenvalue weighted by molar-refractivity contribution is 0.171. The third kappa shape index (κ3) is 3.40. The molecule has 1 fully saturated rings. The van der Waals surface area contributed by atoms with Crippen molar-refractivity contribution < 1.29 is 14.3 Å². The van der Waals surface area contributed by atoms with E-state index in [9.17, 15) is 4.79 Å². The Bertz CT molecular complexity index is 514. The van der Waals surface area contributed by atoms with E-state index in [-0.39, 0.29) is 12.1 Å². The maximum Gasteiger partial charge on any atom is 0.315 e. The summed E-state index contributed by atoms with van der Waals surface area (Å²) in [5.41, 5.74) is 1.01. The van der Waals surface area contributed by atoms with Gasteiger partial charge in [0, 0.05) is 6.54 Å². The van der Waals surface area contributed by atoms with Crippen LogP contribution in [-0.4, -0.2) is 25.8 Å². The first-order chi connectivity index (χ1) is 10.2. The van der Waals surface area contributed by atoms with Crippen molar-refractivity contribution in [2.75, 3.05) is 19.8 Å². The average Bonchev–Trinajstić information content (AvgIpc) is 2.45. The number of hydrogen-bond acceptors (Lipinski definition) is 3. The van der Waals surface area contributed by atoms with Gasteiger partial charge in [-0.1, -0.05) is 12.5 Å². The Balaban J connectivity index is 1.54. The van der Waals surface area contributed by atoms with Gasteiger partial charge in [-0.25, -0.2) is 4.79 Å². The van der Waals surface area contributed by atoms with Gasteiger partial charge in [-0.2, -0.15) is 0 Å². The SMILES string of the molecule is CC(NC(=O)NCC1CCC1)c1ccc2c(c1)OCCO2. The standard InChI is InChI=1S/C16H22N2O3/c1-11(18-16(19)17-10-12-3-2-4-12)13-5-6-14-15(9-13)21-8-7-20-14/h5-6,9,11-12H,2-4,7-8,10H2,1H3,(H2,17,18,19). The highest BCUT2D eigenvalue weighted by Crippen LogP contribution is 2.32. The van der Waals surface area contributed by atoms with E-state index in [4.69, 9.17) is 9.47 Å². The zero-order valence-electron chi connectivity index (χ0n) is 12.4. The van der Waals surface area contributed by atoms with Crippen LogP contribution >= 0.6 is 0 Å². The van der Waals surface area contributed by atoms with Gasteiger partial charge in [-0.05, 0) is 43.4 Å². The van der Waals surface area contributed by atoms with Crippen molar-refractivity contribution in [3.05, 3.63) is 23.8 Å². The van der Waals surface area contributed by atoms with Crippen LogP contribution in [0.3, 0.4) is 0 Å². The summed E-state index contributed by atoms with van der Waals surface area (Å²) in [6, 6.07) is 5.62. The Labute approximate surface area is 125 Å². The van der Waals surface area contributed by atoms with Crippen molar-refractivity contribution in [2.24, 2.45) is 5.92 Å². The fourth-order valence-corrected chi connectivity index (χ4v) is 2.59. The third-order valence-corrected chi connectivity index (χ3v) is 4.19. The highest BCUT2D eigenvalue weighted by Gasteiger charge is 2.19. The minimum absolute atomic E-state index is 0.0674. The molecule has 0 spiro atoms. The summed E-state index contributed by atoms with van der Waals surface area (Å²) in [5.74, 6) is 2.19. The Hall–Kier alpha value is -1.91. The lowest BCUT2D eigenvalue weighted by Crippen LogP contribution is -2.40. The number of benzene rings is 1. The highest BCUT2D eigenvalue weighted by atomic mass is 16.6. The molecule has 3 rings (SSSR count). The van der Waals surface area contributed by atoms with E-state index in [1.807, 2.05) is 25.1 Å². The van der Waals surface area contributed by atoms with Crippen LogP contribution in [0.4, 0.5) is 4.79 Å². The number of hydrogen-bond donors (Lipinski definition) is 2. The number of amides is 2. The summed E-state index contributed by atoms with van der Waals surface area (Å²) in [6.07, 6.45) is 3.76. The largest absolute Gasteiger partial charge is 0.486 e. The number of rotatable bonds is 4. The second-order valence-electron chi connectivity index (χ2n) is 5.78. The van der Waals surface area contributed by atoms with Crippen molar-refractivity contribution in [1.29, 1.82) is 0 Å². The molecule has 0 saturated heterocycles. The molecule has 2 N–H and O–H groups in total. The molecule has 1 heterocycles. The van der Waals surface area contributed by atoms with E-state index in [1.165, 1.54) is 19.3 Å². The zero-order valence-corrected chi connectivity index (χ0v) is 12.4. The van der Waals surface area contributed by atoms with Gasteiger partial charge in [0.1, 0.15) is 13.2 Å². The van der Waals surface area contributed by atoms with E-state index in [0.29, 0.717) is 19.1 Å². The molecule has 5 heteroatoms. The highest BCUT2D eigenvalue weighted by molar-refractivity contribution is 5.74. The fourth-order valence-electron chi connectivity index (χ4n) is 2.59. The van der Waals surface area contributed by atoms with Crippen molar-refractivity contribution in [3.63, 3.8) is 0 Å².